The maximum Gasteiger partial charge on any atom is 0.317 e. The molecule has 0 spiro atoms. The maximum atomic E-state index is 12.1. The van der Waals surface area contributed by atoms with Crippen LogP contribution in [0, 0.1) is 5.92 Å². The van der Waals surface area contributed by atoms with Crippen LogP contribution in [0.2, 0.25) is 0 Å². The van der Waals surface area contributed by atoms with Crippen LogP contribution in [-0.2, 0) is 17.7 Å². The molecule has 3 heterocycles. The molecule has 1 fully saturated rings. The number of carbonyl (C=O) groups is 1. The molecule has 6 nitrogen and oxygen atoms in total. The van der Waals surface area contributed by atoms with E-state index in [0.29, 0.717) is 18.6 Å². The summed E-state index contributed by atoms with van der Waals surface area (Å²) in [7, 11) is 1.88. The summed E-state index contributed by atoms with van der Waals surface area (Å²) < 4.78 is 7.77. The lowest BCUT2D eigenvalue weighted by Gasteiger charge is -2.28. The number of nitrogens with zero attached hydrogens (tertiary/aromatic N) is 3. The molecule has 1 saturated heterocycles. The van der Waals surface area contributed by atoms with E-state index in [4.69, 9.17) is 4.74 Å². The maximum absolute atomic E-state index is 12.1. The molecule has 2 amide bonds. The second-order valence-electron chi connectivity index (χ2n) is 6.43. The summed E-state index contributed by atoms with van der Waals surface area (Å²) in [6.45, 7) is 3.37. The van der Waals surface area contributed by atoms with E-state index < -0.39 is 0 Å². The number of fused-ring (bicyclic) bond motifs is 1. The van der Waals surface area contributed by atoms with Crippen molar-refractivity contribution in [3.8, 4) is 0 Å². The van der Waals surface area contributed by atoms with Gasteiger partial charge in [-0.25, -0.2) is 9.78 Å². The average Bonchev–Trinajstić information content (AvgIpc) is 3.17. The van der Waals surface area contributed by atoms with Gasteiger partial charge < -0.3 is 19.5 Å². The highest BCUT2D eigenvalue weighted by molar-refractivity contribution is 5.73. The quantitative estimate of drug-likeness (QED) is 0.900. The Hall–Kier alpha value is -1.56. The van der Waals surface area contributed by atoms with E-state index in [-0.39, 0.29) is 6.03 Å². The standard InChI is InChI=1S/C16H26N4O2/c1-19(16(21)18-6-4-14-3-2-10-22-14)12-13-5-8-20-9-7-17-15(20)11-13/h7,9,13-14H,2-6,8,10-12H2,1H3,(H,18,21)/t13-,14+/m1/s1. The first-order valence-electron chi connectivity index (χ1n) is 8.33. The first kappa shape index (κ1) is 15.3. The van der Waals surface area contributed by atoms with Crippen LogP contribution in [-0.4, -0.2) is 53.3 Å². The van der Waals surface area contributed by atoms with Crippen molar-refractivity contribution in [2.75, 3.05) is 26.7 Å². The summed E-state index contributed by atoms with van der Waals surface area (Å²) in [5.41, 5.74) is 0. The number of aromatic nitrogens is 2. The number of amides is 2. The molecule has 6 heteroatoms. The minimum absolute atomic E-state index is 0.0203. The summed E-state index contributed by atoms with van der Waals surface area (Å²) in [6.07, 6.45) is 9.49. The molecule has 0 bridgehead atoms. The topological polar surface area (TPSA) is 59.4 Å². The van der Waals surface area contributed by atoms with Crippen molar-refractivity contribution >= 4 is 6.03 Å². The van der Waals surface area contributed by atoms with Crippen LogP contribution in [0.15, 0.2) is 12.4 Å². The Bertz CT molecular complexity index is 496. The fourth-order valence-electron chi connectivity index (χ4n) is 3.39. The molecule has 0 saturated carbocycles. The van der Waals surface area contributed by atoms with Crippen LogP contribution in [0.4, 0.5) is 4.79 Å². The lowest BCUT2D eigenvalue weighted by Crippen LogP contribution is -2.42. The van der Waals surface area contributed by atoms with Crippen molar-refractivity contribution in [2.24, 2.45) is 5.92 Å². The first-order valence-corrected chi connectivity index (χ1v) is 8.33. The Morgan fingerprint density at radius 2 is 2.45 bits per heavy atom. The van der Waals surface area contributed by atoms with E-state index in [1.807, 2.05) is 19.4 Å². The first-order chi connectivity index (χ1) is 10.7. The summed E-state index contributed by atoms with van der Waals surface area (Å²) in [5, 5.41) is 3.00. The Morgan fingerprint density at radius 3 is 3.27 bits per heavy atom. The molecule has 1 aromatic heterocycles. The number of hydrogen-bond donors (Lipinski definition) is 1. The lowest BCUT2D eigenvalue weighted by atomic mass is 9.97. The summed E-state index contributed by atoms with van der Waals surface area (Å²) in [6, 6.07) is 0.0203. The zero-order valence-electron chi connectivity index (χ0n) is 13.3. The van der Waals surface area contributed by atoms with Crippen LogP contribution in [0.5, 0.6) is 0 Å². The Kier molecular flexibility index (Phi) is 4.97. The van der Waals surface area contributed by atoms with Gasteiger partial charge in [0.05, 0.1) is 6.10 Å². The van der Waals surface area contributed by atoms with E-state index in [2.05, 4.69) is 14.9 Å². The van der Waals surface area contributed by atoms with E-state index in [1.165, 1.54) is 0 Å². The monoisotopic (exact) mass is 306 g/mol. The molecule has 1 aromatic rings. The van der Waals surface area contributed by atoms with Gasteiger partial charge in [0.1, 0.15) is 5.82 Å². The number of urea groups is 1. The smallest absolute Gasteiger partial charge is 0.317 e. The SMILES string of the molecule is CN(C[C@@H]1CCn2ccnc2C1)C(=O)NCC[C@@H]1CCCO1. The highest BCUT2D eigenvalue weighted by Crippen LogP contribution is 2.19. The van der Waals surface area contributed by atoms with Crippen molar-refractivity contribution in [1.82, 2.24) is 19.8 Å². The Labute approximate surface area is 131 Å². The van der Waals surface area contributed by atoms with Crippen molar-refractivity contribution in [3.05, 3.63) is 18.2 Å². The molecule has 2 aliphatic heterocycles. The highest BCUT2D eigenvalue weighted by Gasteiger charge is 2.22. The largest absolute Gasteiger partial charge is 0.378 e. The highest BCUT2D eigenvalue weighted by atomic mass is 16.5. The van der Waals surface area contributed by atoms with E-state index in [1.54, 1.807) is 4.90 Å². The molecular formula is C16H26N4O2. The van der Waals surface area contributed by atoms with E-state index in [9.17, 15) is 4.79 Å². The van der Waals surface area contributed by atoms with Crippen LogP contribution in [0.3, 0.4) is 0 Å². The third-order valence-electron chi connectivity index (χ3n) is 4.70. The minimum Gasteiger partial charge on any atom is -0.378 e. The van der Waals surface area contributed by atoms with Crippen LogP contribution in [0.1, 0.15) is 31.5 Å². The number of rotatable bonds is 5. The number of nitrogens with one attached hydrogen (secondary N) is 1. The second kappa shape index (κ2) is 7.13. The fourth-order valence-corrected chi connectivity index (χ4v) is 3.39. The molecular weight excluding hydrogens is 280 g/mol. The third kappa shape index (κ3) is 3.80. The van der Waals surface area contributed by atoms with Crippen molar-refractivity contribution in [2.45, 2.75) is 44.8 Å². The van der Waals surface area contributed by atoms with E-state index >= 15 is 0 Å². The third-order valence-corrected chi connectivity index (χ3v) is 4.70. The van der Waals surface area contributed by atoms with Gasteiger partial charge in [0.15, 0.2) is 0 Å². The molecule has 122 valence electrons. The van der Waals surface area contributed by atoms with Crippen LogP contribution in [0.25, 0.3) is 0 Å². The molecule has 2 atom stereocenters. The zero-order valence-corrected chi connectivity index (χ0v) is 13.3. The molecule has 0 radical (unpaired) electrons. The molecule has 2 aliphatic rings. The molecule has 1 N–H and O–H groups in total. The van der Waals surface area contributed by atoms with Gasteiger partial charge in [-0.2, -0.15) is 0 Å². The second-order valence-corrected chi connectivity index (χ2v) is 6.43. The number of hydrogen-bond acceptors (Lipinski definition) is 3. The predicted octanol–water partition coefficient (Wildman–Crippen LogP) is 1.66. The van der Waals surface area contributed by atoms with Gasteiger partial charge >= 0.3 is 6.03 Å². The van der Waals surface area contributed by atoms with Gasteiger partial charge in [-0.3, -0.25) is 0 Å². The summed E-state index contributed by atoms with van der Waals surface area (Å²) >= 11 is 0. The molecule has 0 unspecified atom stereocenters. The van der Waals surface area contributed by atoms with Crippen molar-refractivity contribution in [3.63, 3.8) is 0 Å². The van der Waals surface area contributed by atoms with Crippen LogP contribution < -0.4 is 5.32 Å². The van der Waals surface area contributed by atoms with Gasteiger partial charge in [-0.15, -0.1) is 0 Å². The Morgan fingerprint density at radius 1 is 1.55 bits per heavy atom. The molecule has 22 heavy (non-hydrogen) atoms. The molecule has 0 aliphatic carbocycles. The van der Waals surface area contributed by atoms with Crippen LogP contribution >= 0.6 is 0 Å². The summed E-state index contributed by atoms with van der Waals surface area (Å²) in [4.78, 5) is 18.3. The normalized spacial score (nSPS) is 24.0. The van der Waals surface area contributed by atoms with Crippen molar-refractivity contribution in [1.29, 1.82) is 0 Å². The average molecular weight is 306 g/mol. The zero-order chi connectivity index (χ0) is 15.4. The van der Waals surface area contributed by atoms with Gasteiger partial charge in [-0.05, 0) is 31.6 Å². The molecule has 0 aromatic carbocycles. The van der Waals surface area contributed by atoms with E-state index in [0.717, 1.165) is 57.6 Å². The van der Waals surface area contributed by atoms with Gasteiger partial charge in [0.2, 0.25) is 0 Å². The minimum atomic E-state index is 0.0203. The molecule has 3 rings (SSSR count). The van der Waals surface area contributed by atoms with Gasteiger partial charge in [0, 0.05) is 52.1 Å². The number of ether oxygens (including phenoxy) is 1. The Balaban J connectivity index is 1.38. The number of aryl methyl sites for hydroxylation is 1. The van der Waals surface area contributed by atoms with Crippen molar-refractivity contribution < 1.29 is 9.53 Å². The predicted molar refractivity (Wildman–Crippen MR) is 83.7 cm³/mol. The lowest BCUT2D eigenvalue weighted by molar-refractivity contribution is 0.104. The fraction of sp³-hybridized carbons (Fsp3) is 0.750. The number of imidazole rings is 1. The number of carbonyl (C=O) groups excluding carboxylic acids is 1. The van der Waals surface area contributed by atoms with Gasteiger partial charge in [0.25, 0.3) is 0 Å². The van der Waals surface area contributed by atoms with Gasteiger partial charge in [-0.1, -0.05) is 0 Å². The summed E-state index contributed by atoms with van der Waals surface area (Å²) in [5.74, 6) is 1.65.